The molecule has 22 heavy (non-hydrogen) atoms. The molecule has 1 aromatic heterocycles. The molecule has 1 aromatic rings. The quantitative estimate of drug-likeness (QED) is 0.925. The van der Waals surface area contributed by atoms with Gasteiger partial charge in [-0.1, -0.05) is 13.3 Å². The summed E-state index contributed by atoms with van der Waals surface area (Å²) in [5, 5.41) is 3.46. The topological polar surface area (TPSA) is 45.2 Å². The Morgan fingerprint density at radius 2 is 2.00 bits per heavy atom. The van der Waals surface area contributed by atoms with Crippen LogP contribution < -0.4 is 5.32 Å². The first-order valence-corrected chi connectivity index (χ1v) is 8.65. The summed E-state index contributed by atoms with van der Waals surface area (Å²) in [6, 6.07) is 4.31. The molecule has 1 saturated carbocycles. The molecule has 0 bridgehead atoms. The first-order chi connectivity index (χ1) is 10.6. The normalized spacial score (nSPS) is 21.3. The number of carbonyl (C=O) groups is 1. The molecule has 1 aliphatic heterocycles. The van der Waals surface area contributed by atoms with E-state index >= 15 is 0 Å². The van der Waals surface area contributed by atoms with E-state index in [0.717, 1.165) is 43.6 Å². The standard InChI is InChI=1S/C18H27N3O/c1-13-8-10-21(11-9-13)18(22)16-6-7-17(19-12-16)20-14(2)15-4-3-5-15/h6-7,12-15H,3-5,8-11H2,1-2H3,(H,19,20). The molecule has 1 N–H and O–H groups in total. The Morgan fingerprint density at radius 3 is 2.55 bits per heavy atom. The minimum absolute atomic E-state index is 0.123. The molecule has 0 spiro atoms. The largest absolute Gasteiger partial charge is 0.367 e. The van der Waals surface area contributed by atoms with Gasteiger partial charge >= 0.3 is 0 Å². The van der Waals surface area contributed by atoms with Crippen molar-refractivity contribution in [2.45, 2.75) is 52.0 Å². The van der Waals surface area contributed by atoms with E-state index in [1.54, 1.807) is 6.20 Å². The summed E-state index contributed by atoms with van der Waals surface area (Å²) in [7, 11) is 0. The lowest BCUT2D eigenvalue weighted by atomic mass is 9.80. The smallest absolute Gasteiger partial charge is 0.255 e. The molecule has 1 unspecified atom stereocenters. The fourth-order valence-corrected chi connectivity index (χ4v) is 3.29. The number of nitrogens with zero attached hydrogens (tertiary/aromatic N) is 2. The number of piperidine rings is 1. The van der Waals surface area contributed by atoms with Crippen molar-refractivity contribution >= 4 is 11.7 Å². The minimum atomic E-state index is 0.123. The van der Waals surface area contributed by atoms with E-state index in [9.17, 15) is 4.79 Å². The van der Waals surface area contributed by atoms with Crippen LogP contribution in [0.15, 0.2) is 18.3 Å². The molecule has 1 saturated heterocycles. The van der Waals surface area contributed by atoms with Crippen LogP contribution in [-0.2, 0) is 0 Å². The van der Waals surface area contributed by atoms with E-state index in [4.69, 9.17) is 0 Å². The molecule has 0 radical (unpaired) electrons. The number of carbonyl (C=O) groups excluding carboxylic acids is 1. The first-order valence-electron chi connectivity index (χ1n) is 8.65. The highest BCUT2D eigenvalue weighted by Gasteiger charge is 2.24. The van der Waals surface area contributed by atoms with Crippen LogP contribution in [0.3, 0.4) is 0 Å². The zero-order valence-corrected chi connectivity index (χ0v) is 13.7. The number of aromatic nitrogens is 1. The van der Waals surface area contributed by atoms with Gasteiger partial charge in [0.2, 0.25) is 0 Å². The van der Waals surface area contributed by atoms with Crippen LogP contribution in [0.2, 0.25) is 0 Å². The van der Waals surface area contributed by atoms with Gasteiger partial charge in [-0.3, -0.25) is 4.79 Å². The lowest BCUT2D eigenvalue weighted by Crippen LogP contribution is -2.38. The van der Waals surface area contributed by atoms with Crippen LogP contribution in [0.5, 0.6) is 0 Å². The van der Waals surface area contributed by atoms with Crippen molar-refractivity contribution in [2.75, 3.05) is 18.4 Å². The Kier molecular flexibility index (Phi) is 4.65. The predicted molar refractivity (Wildman–Crippen MR) is 89.0 cm³/mol. The number of rotatable bonds is 4. The van der Waals surface area contributed by atoms with Gasteiger partial charge in [-0.25, -0.2) is 4.98 Å². The van der Waals surface area contributed by atoms with Gasteiger partial charge in [-0.2, -0.15) is 0 Å². The summed E-state index contributed by atoms with van der Waals surface area (Å²) < 4.78 is 0. The van der Waals surface area contributed by atoms with Gasteiger partial charge in [0.25, 0.3) is 5.91 Å². The van der Waals surface area contributed by atoms with Crippen molar-refractivity contribution < 1.29 is 4.79 Å². The van der Waals surface area contributed by atoms with Crippen molar-refractivity contribution in [3.8, 4) is 0 Å². The van der Waals surface area contributed by atoms with Crippen molar-refractivity contribution in [2.24, 2.45) is 11.8 Å². The Morgan fingerprint density at radius 1 is 1.27 bits per heavy atom. The van der Waals surface area contributed by atoms with Crippen molar-refractivity contribution in [1.82, 2.24) is 9.88 Å². The third kappa shape index (κ3) is 3.42. The van der Waals surface area contributed by atoms with Crippen LogP contribution in [-0.4, -0.2) is 34.9 Å². The second-order valence-corrected chi connectivity index (χ2v) is 7.03. The molecule has 120 valence electrons. The van der Waals surface area contributed by atoms with Gasteiger partial charge in [-0.15, -0.1) is 0 Å². The third-order valence-electron chi connectivity index (χ3n) is 5.31. The Bertz CT molecular complexity index is 502. The number of hydrogen-bond donors (Lipinski definition) is 1. The van der Waals surface area contributed by atoms with Crippen LogP contribution in [0.25, 0.3) is 0 Å². The SMILES string of the molecule is CC1CCN(C(=O)c2ccc(NC(C)C3CCC3)nc2)CC1. The fraction of sp³-hybridized carbons (Fsp3) is 0.667. The second kappa shape index (κ2) is 6.67. The summed E-state index contributed by atoms with van der Waals surface area (Å²) in [5.74, 6) is 2.52. The van der Waals surface area contributed by atoms with Crippen LogP contribution in [0, 0.1) is 11.8 Å². The lowest BCUT2D eigenvalue weighted by molar-refractivity contribution is 0.0697. The average Bonchev–Trinajstić information content (AvgIpc) is 2.46. The molecule has 1 aliphatic carbocycles. The number of hydrogen-bond acceptors (Lipinski definition) is 3. The van der Waals surface area contributed by atoms with E-state index in [1.165, 1.54) is 19.3 Å². The van der Waals surface area contributed by atoms with E-state index < -0.39 is 0 Å². The summed E-state index contributed by atoms with van der Waals surface area (Å²) in [4.78, 5) is 18.9. The highest BCUT2D eigenvalue weighted by molar-refractivity contribution is 5.94. The highest BCUT2D eigenvalue weighted by Crippen LogP contribution is 2.30. The molecule has 4 heteroatoms. The Labute approximate surface area is 133 Å². The molecular weight excluding hydrogens is 274 g/mol. The molecule has 1 atom stereocenters. The zero-order valence-electron chi connectivity index (χ0n) is 13.7. The maximum Gasteiger partial charge on any atom is 0.255 e. The maximum atomic E-state index is 12.5. The molecule has 2 aliphatic rings. The molecular formula is C18H27N3O. The van der Waals surface area contributed by atoms with Gasteiger partial charge in [0.05, 0.1) is 5.56 Å². The zero-order chi connectivity index (χ0) is 15.5. The number of pyridine rings is 1. The van der Waals surface area contributed by atoms with E-state index in [1.807, 2.05) is 17.0 Å². The van der Waals surface area contributed by atoms with Gasteiger partial charge in [0.1, 0.15) is 5.82 Å². The Hall–Kier alpha value is -1.58. The summed E-state index contributed by atoms with van der Waals surface area (Å²) in [5.41, 5.74) is 0.705. The number of nitrogens with one attached hydrogen (secondary N) is 1. The highest BCUT2D eigenvalue weighted by atomic mass is 16.2. The molecule has 2 fully saturated rings. The van der Waals surface area contributed by atoms with Gasteiger partial charge < -0.3 is 10.2 Å². The lowest BCUT2D eigenvalue weighted by Gasteiger charge is -2.32. The second-order valence-electron chi connectivity index (χ2n) is 7.03. The molecule has 0 aromatic carbocycles. The molecule has 4 nitrogen and oxygen atoms in total. The number of amides is 1. The maximum absolute atomic E-state index is 12.5. The minimum Gasteiger partial charge on any atom is -0.367 e. The first kappa shape index (κ1) is 15.3. The average molecular weight is 301 g/mol. The van der Waals surface area contributed by atoms with E-state index in [2.05, 4.69) is 24.1 Å². The molecule has 2 heterocycles. The monoisotopic (exact) mass is 301 g/mol. The predicted octanol–water partition coefficient (Wildman–Crippen LogP) is 3.55. The summed E-state index contributed by atoms with van der Waals surface area (Å²) in [6.07, 6.45) is 7.92. The van der Waals surface area contributed by atoms with Crippen molar-refractivity contribution in [3.63, 3.8) is 0 Å². The van der Waals surface area contributed by atoms with E-state index in [-0.39, 0.29) is 5.91 Å². The van der Waals surface area contributed by atoms with Gasteiger partial charge in [0, 0.05) is 25.3 Å². The number of anilines is 1. The molecule has 1 amide bonds. The summed E-state index contributed by atoms with van der Waals surface area (Å²) in [6.45, 7) is 6.23. The Balaban J connectivity index is 1.57. The van der Waals surface area contributed by atoms with E-state index in [0.29, 0.717) is 11.6 Å². The van der Waals surface area contributed by atoms with Crippen LogP contribution in [0.1, 0.15) is 56.3 Å². The summed E-state index contributed by atoms with van der Waals surface area (Å²) >= 11 is 0. The third-order valence-corrected chi connectivity index (χ3v) is 5.31. The van der Waals surface area contributed by atoms with Crippen LogP contribution >= 0.6 is 0 Å². The number of likely N-dealkylation sites (tertiary alicyclic amines) is 1. The fourth-order valence-electron chi connectivity index (χ4n) is 3.29. The van der Waals surface area contributed by atoms with Crippen LogP contribution in [0.4, 0.5) is 5.82 Å². The van der Waals surface area contributed by atoms with Gasteiger partial charge in [-0.05, 0) is 56.6 Å². The van der Waals surface area contributed by atoms with Gasteiger partial charge in [0.15, 0.2) is 0 Å². The van der Waals surface area contributed by atoms with Crippen molar-refractivity contribution in [3.05, 3.63) is 23.9 Å². The molecule has 3 rings (SSSR count). The van der Waals surface area contributed by atoms with Crippen molar-refractivity contribution in [1.29, 1.82) is 0 Å².